The minimum atomic E-state index is -0.744. The first kappa shape index (κ1) is 40.5. The van der Waals surface area contributed by atoms with E-state index >= 15 is 0 Å². The molecule has 3 amide bonds. The number of fused-ring (bicyclic) bond motifs is 2. The number of aromatic nitrogens is 4. The van der Waals surface area contributed by atoms with Crippen molar-refractivity contribution in [2.75, 3.05) is 27.3 Å². The molecule has 0 radical (unpaired) electrons. The highest BCUT2D eigenvalue weighted by Crippen LogP contribution is 2.39. The zero-order valence-corrected chi connectivity index (χ0v) is 34.8. The predicted molar refractivity (Wildman–Crippen MR) is 222 cm³/mol. The normalized spacial score (nSPS) is 18.4. The number of rotatable bonds is 9. The highest BCUT2D eigenvalue weighted by atomic mass is 16.5. The number of nitrogens with one attached hydrogen (secondary N) is 3. The molecule has 2 aliphatic heterocycles. The van der Waals surface area contributed by atoms with E-state index in [1.54, 1.807) is 0 Å². The molecule has 13 nitrogen and oxygen atoms in total. The summed E-state index contributed by atoms with van der Waals surface area (Å²) in [5.41, 5.74) is 6.70. The van der Waals surface area contributed by atoms with Crippen molar-refractivity contribution in [2.24, 2.45) is 16.7 Å². The van der Waals surface area contributed by atoms with Gasteiger partial charge in [0.25, 0.3) is 0 Å². The van der Waals surface area contributed by atoms with Gasteiger partial charge in [0.05, 0.1) is 60.7 Å². The van der Waals surface area contributed by atoms with Crippen LogP contribution < -0.4 is 5.32 Å². The molecule has 2 aromatic heterocycles. The average Bonchev–Trinajstić information content (AvgIpc) is 4.02. The van der Waals surface area contributed by atoms with E-state index in [-0.39, 0.29) is 36.3 Å². The Labute approximate surface area is 339 Å². The fourth-order valence-corrected chi connectivity index (χ4v) is 8.42. The van der Waals surface area contributed by atoms with Gasteiger partial charge in [-0.15, -0.1) is 0 Å². The van der Waals surface area contributed by atoms with Gasteiger partial charge in [0.2, 0.25) is 11.8 Å². The van der Waals surface area contributed by atoms with Crippen molar-refractivity contribution in [3.8, 4) is 22.3 Å². The lowest BCUT2D eigenvalue weighted by Crippen LogP contribution is -2.54. The second kappa shape index (κ2) is 15.9. The van der Waals surface area contributed by atoms with Crippen LogP contribution in [0.4, 0.5) is 4.79 Å². The number of carbonyl (C=O) groups excluding carboxylic acids is 4. The number of esters is 1. The zero-order chi connectivity index (χ0) is 41.5. The Kier molecular flexibility index (Phi) is 11.1. The topological polar surface area (TPSA) is 163 Å². The van der Waals surface area contributed by atoms with E-state index in [9.17, 15) is 19.2 Å². The average molecular weight is 790 g/mol. The molecule has 7 rings (SSSR count). The van der Waals surface area contributed by atoms with E-state index in [1.165, 1.54) is 14.2 Å². The van der Waals surface area contributed by atoms with E-state index in [4.69, 9.17) is 19.4 Å². The van der Waals surface area contributed by atoms with Crippen LogP contribution in [0.1, 0.15) is 97.4 Å². The van der Waals surface area contributed by atoms with Gasteiger partial charge in [0.1, 0.15) is 17.7 Å². The molecule has 3 aromatic carbocycles. The summed E-state index contributed by atoms with van der Waals surface area (Å²) in [6.45, 7) is 12.9. The fraction of sp³-hybridized carbons (Fsp3) is 0.467. The van der Waals surface area contributed by atoms with Gasteiger partial charge >= 0.3 is 12.1 Å². The molecule has 2 saturated heterocycles. The number of likely N-dealkylation sites (tertiary alicyclic amines) is 2. The number of alkyl carbamates (subject to hydrolysis) is 1. The van der Waals surface area contributed by atoms with Crippen LogP contribution in [0.3, 0.4) is 0 Å². The number of amides is 3. The maximum absolute atomic E-state index is 13.9. The van der Waals surface area contributed by atoms with Crippen molar-refractivity contribution in [3.63, 3.8) is 0 Å². The minimum Gasteiger partial charge on any atom is -0.469 e. The first-order valence-electron chi connectivity index (χ1n) is 20.2. The van der Waals surface area contributed by atoms with Crippen molar-refractivity contribution < 1.29 is 28.7 Å². The molecule has 13 heteroatoms. The number of aromatic amines is 2. The second-order valence-corrected chi connectivity index (χ2v) is 17.8. The lowest BCUT2D eigenvalue weighted by molar-refractivity contribution is -0.150. The Morgan fingerprint density at radius 2 is 1.16 bits per heavy atom. The summed E-state index contributed by atoms with van der Waals surface area (Å²) >= 11 is 0. The van der Waals surface area contributed by atoms with Gasteiger partial charge in [-0.3, -0.25) is 14.4 Å². The number of carbonyl (C=O) groups is 4. The van der Waals surface area contributed by atoms with Crippen molar-refractivity contribution >= 4 is 45.9 Å². The summed E-state index contributed by atoms with van der Waals surface area (Å²) in [7, 11) is 2.65. The van der Waals surface area contributed by atoms with Crippen molar-refractivity contribution in [1.82, 2.24) is 35.1 Å². The molecule has 58 heavy (non-hydrogen) atoms. The Morgan fingerprint density at radius 3 is 1.59 bits per heavy atom. The van der Waals surface area contributed by atoms with Crippen LogP contribution in [-0.4, -0.2) is 87.0 Å². The van der Waals surface area contributed by atoms with Crippen LogP contribution >= 0.6 is 0 Å². The van der Waals surface area contributed by atoms with Crippen LogP contribution in [0.15, 0.2) is 60.7 Å². The third-order valence-electron chi connectivity index (χ3n) is 11.8. The summed E-state index contributed by atoms with van der Waals surface area (Å²) < 4.78 is 9.75. The van der Waals surface area contributed by atoms with Gasteiger partial charge in [-0.1, -0.05) is 77.9 Å². The monoisotopic (exact) mass is 789 g/mol. The summed E-state index contributed by atoms with van der Waals surface area (Å²) in [4.78, 5) is 72.7. The number of ether oxygens (including phenoxy) is 2. The Bertz CT molecular complexity index is 2170. The molecule has 5 aromatic rings. The Balaban J connectivity index is 1.07. The molecule has 2 aliphatic rings. The third kappa shape index (κ3) is 8.17. The number of hydrogen-bond donors (Lipinski definition) is 3. The fourth-order valence-electron chi connectivity index (χ4n) is 8.42. The van der Waals surface area contributed by atoms with Gasteiger partial charge in [-0.05, 0) is 83.0 Å². The van der Waals surface area contributed by atoms with Crippen LogP contribution in [-0.2, 0) is 23.9 Å². The molecule has 2 fully saturated rings. The van der Waals surface area contributed by atoms with Crippen LogP contribution in [0.2, 0.25) is 0 Å². The third-order valence-corrected chi connectivity index (χ3v) is 11.8. The summed E-state index contributed by atoms with van der Waals surface area (Å²) in [6.07, 6.45) is 2.69. The number of methoxy groups -OCH3 is 2. The number of benzene rings is 3. The highest BCUT2D eigenvalue weighted by molar-refractivity contribution is 5.88. The lowest BCUT2D eigenvalue weighted by atomic mass is 9.77. The van der Waals surface area contributed by atoms with Crippen LogP contribution in [0, 0.1) is 16.7 Å². The molecule has 0 spiro atoms. The first-order chi connectivity index (χ1) is 27.5. The lowest BCUT2D eigenvalue weighted by Gasteiger charge is -2.34. The van der Waals surface area contributed by atoms with Crippen molar-refractivity contribution in [1.29, 1.82) is 0 Å². The number of nitrogens with zero attached hydrogens (tertiary/aromatic N) is 4. The molecule has 3 N–H and O–H groups in total. The summed E-state index contributed by atoms with van der Waals surface area (Å²) in [6, 6.07) is 19.6. The van der Waals surface area contributed by atoms with Gasteiger partial charge in [-0.25, -0.2) is 14.8 Å². The van der Waals surface area contributed by atoms with Gasteiger partial charge in [0, 0.05) is 13.1 Å². The SMILES string of the molecule is COC(=O)C[C@H](C(=O)N1CCC[C@H]1c1nc2ccc(-c3ccc(-c4ccc5nc([C@@H]6CCCN6C(=O)[C@@H](NC(=O)OC)C(C)(C)C)[nH]c5c4)cc3)cc2[nH]1)C(C)(C)C. The van der Waals surface area contributed by atoms with E-state index < -0.39 is 28.9 Å². The van der Waals surface area contributed by atoms with Gasteiger partial charge in [-0.2, -0.15) is 0 Å². The van der Waals surface area contributed by atoms with Crippen molar-refractivity contribution in [3.05, 3.63) is 72.3 Å². The first-order valence-corrected chi connectivity index (χ1v) is 20.2. The number of hydrogen-bond acceptors (Lipinski definition) is 8. The highest BCUT2D eigenvalue weighted by Gasteiger charge is 2.42. The molecule has 0 aliphatic carbocycles. The largest absolute Gasteiger partial charge is 0.469 e. The second-order valence-electron chi connectivity index (χ2n) is 17.8. The van der Waals surface area contributed by atoms with E-state index in [1.807, 2.05) is 63.5 Å². The minimum absolute atomic E-state index is 0.0400. The molecule has 0 saturated carbocycles. The standard InChI is InChI=1S/C45H55N7O6/c1-44(2,3)30(25-37(53)57-7)41(54)51-21-9-11-35(51)39-46-31-19-17-28(23-33(31)48-39)26-13-15-27(16-14-26)29-18-20-32-34(24-29)49-40(47-32)36-12-10-22-52(36)42(55)38(45(4,5)6)50-43(56)58-8/h13-20,23-24,30,35-36,38H,9-12,21-22,25H2,1-8H3,(H,46,48)(H,47,49)(H,50,56)/t30-,35+,36+,38-/m1/s1. The summed E-state index contributed by atoms with van der Waals surface area (Å²) in [5, 5.41) is 2.75. The maximum atomic E-state index is 13.9. The van der Waals surface area contributed by atoms with E-state index in [0.717, 1.165) is 81.7 Å². The Morgan fingerprint density at radius 1 is 0.690 bits per heavy atom. The summed E-state index contributed by atoms with van der Waals surface area (Å²) in [5.74, 6) is 0.423. The molecular weight excluding hydrogens is 735 g/mol. The Hall–Kier alpha value is -5.72. The molecule has 4 atom stereocenters. The quantitative estimate of drug-likeness (QED) is 0.126. The van der Waals surface area contributed by atoms with E-state index in [0.29, 0.717) is 13.1 Å². The van der Waals surface area contributed by atoms with Crippen LogP contribution in [0.5, 0.6) is 0 Å². The van der Waals surface area contributed by atoms with Gasteiger partial charge < -0.3 is 34.6 Å². The van der Waals surface area contributed by atoms with Gasteiger partial charge in [0.15, 0.2) is 0 Å². The molecular formula is C45H55N7O6. The molecule has 4 heterocycles. The predicted octanol–water partition coefficient (Wildman–Crippen LogP) is 8.10. The van der Waals surface area contributed by atoms with Crippen molar-refractivity contribution in [2.45, 2.75) is 91.8 Å². The molecule has 0 unspecified atom stereocenters. The molecule has 306 valence electrons. The zero-order valence-electron chi connectivity index (χ0n) is 34.8. The number of H-pyrrole nitrogens is 2. The molecule has 0 bridgehead atoms. The smallest absolute Gasteiger partial charge is 0.407 e. The van der Waals surface area contributed by atoms with E-state index in [2.05, 4.69) is 63.8 Å². The maximum Gasteiger partial charge on any atom is 0.407 e. The number of imidazole rings is 2. The van der Waals surface area contributed by atoms with Crippen LogP contribution in [0.25, 0.3) is 44.3 Å².